The Labute approximate surface area is 120 Å². The van der Waals surface area contributed by atoms with Crippen molar-refractivity contribution in [2.45, 2.75) is 13.8 Å². The molecule has 0 atom stereocenters. The highest BCUT2D eigenvalue weighted by Gasteiger charge is 2.16. The fourth-order valence-electron chi connectivity index (χ4n) is 1.41. The molecule has 104 valence electrons. The van der Waals surface area contributed by atoms with Gasteiger partial charge in [0.1, 0.15) is 0 Å². The number of nitrogens with one attached hydrogen (secondary N) is 1. The van der Waals surface area contributed by atoms with E-state index in [0.717, 1.165) is 17.2 Å². The molecule has 7 heteroatoms. The molecule has 1 aromatic carbocycles. The molecule has 20 heavy (non-hydrogen) atoms. The number of carbonyl (C=O) groups excluding carboxylic acids is 1. The van der Waals surface area contributed by atoms with Crippen molar-refractivity contribution in [3.63, 3.8) is 0 Å². The molecular weight excluding hydrogens is 276 g/mol. The van der Waals surface area contributed by atoms with E-state index in [-0.39, 0.29) is 5.69 Å². The van der Waals surface area contributed by atoms with Gasteiger partial charge in [0, 0.05) is 17.2 Å². The summed E-state index contributed by atoms with van der Waals surface area (Å²) < 4.78 is 8.59. The van der Waals surface area contributed by atoms with Crippen molar-refractivity contribution in [1.29, 1.82) is 0 Å². The van der Waals surface area contributed by atoms with Gasteiger partial charge in [-0.3, -0.25) is 0 Å². The summed E-state index contributed by atoms with van der Waals surface area (Å²) in [6.07, 6.45) is 1.50. The topological polar surface area (TPSA) is 76.5 Å². The molecule has 0 saturated heterocycles. The summed E-state index contributed by atoms with van der Waals surface area (Å²) in [6.45, 7) is 4.05. The van der Waals surface area contributed by atoms with Gasteiger partial charge in [0.15, 0.2) is 5.00 Å². The van der Waals surface area contributed by atoms with E-state index in [9.17, 15) is 4.79 Å². The zero-order chi connectivity index (χ0) is 14.4. The first kappa shape index (κ1) is 14.1. The Balaban J connectivity index is 2.03. The van der Waals surface area contributed by atoms with Gasteiger partial charge in [-0.1, -0.05) is 22.2 Å². The Hall–Kier alpha value is -2.28. The molecule has 0 aliphatic rings. The number of anilines is 1. The Morgan fingerprint density at radius 1 is 1.45 bits per heavy atom. The maximum absolute atomic E-state index is 11.6. The van der Waals surface area contributed by atoms with E-state index >= 15 is 0 Å². The summed E-state index contributed by atoms with van der Waals surface area (Å²) in [6, 6.07) is 7.88. The second kappa shape index (κ2) is 6.76. The molecule has 2 rings (SSSR count). The van der Waals surface area contributed by atoms with Gasteiger partial charge in [0.05, 0.1) is 12.9 Å². The lowest BCUT2D eigenvalue weighted by atomic mass is 10.2. The largest absolute Gasteiger partial charge is 0.461 e. The van der Waals surface area contributed by atoms with Crippen LogP contribution in [0.2, 0.25) is 0 Å². The first-order valence-corrected chi connectivity index (χ1v) is 6.83. The maximum atomic E-state index is 11.6. The van der Waals surface area contributed by atoms with Gasteiger partial charge in [-0.25, -0.2) is 9.79 Å². The average molecular weight is 290 g/mol. The van der Waals surface area contributed by atoms with Crippen LogP contribution in [0.4, 0.5) is 10.7 Å². The first-order valence-electron chi connectivity index (χ1n) is 6.06. The SMILES string of the molecule is CCOC(=O)c1nnsc1/N=C/Nc1ccc(C)cc1. The van der Waals surface area contributed by atoms with Crippen LogP contribution >= 0.6 is 11.5 Å². The fraction of sp³-hybridized carbons (Fsp3) is 0.231. The van der Waals surface area contributed by atoms with Gasteiger partial charge < -0.3 is 10.1 Å². The third-order valence-corrected chi connectivity index (χ3v) is 3.04. The van der Waals surface area contributed by atoms with Crippen molar-refractivity contribution in [1.82, 2.24) is 9.59 Å². The molecule has 1 aromatic heterocycles. The summed E-state index contributed by atoms with van der Waals surface area (Å²) in [5, 5.41) is 7.16. The molecule has 0 bridgehead atoms. The van der Waals surface area contributed by atoms with Crippen LogP contribution in [0.25, 0.3) is 0 Å². The molecule has 6 nitrogen and oxygen atoms in total. The van der Waals surface area contributed by atoms with Crippen molar-refractivity contribution >= 4 is 34.5 Å². The number of nitrogens with zero attached hydrogens (tertiary/aromatic N) is 3. The summed E-state index contributed by atoms with van der Waals surface area (Å²) in [5.74, 6) is -0.510. The van der Waals surface area contributed by atoms with Crippen molar-refractivity contribution in [2.24, 2.45) is 4.99 Å². The van der Waals surface area contributed by atoms with E-state index in [1.54, 1.807) is 6.92 Å². The predicted octanol–water partition coefficient (Wildman–Crippen LogP) is 2.80. The van der Waals surface area contributed by atoms with Crippen LogP contribution < -0.4 is 5.32 Å². The van der Waals surface area contributed by atoms with Crippen molar-refractivity contribution < 1.29 is 9.53 Å². The predicted molar refractivity (Wildman–Crippen MR) is 78.8 cm³/mol. The standard InChI is InChI=1S/C13H14N4O2S/c1-3-19-13(18)11-12(20-17-16-11)15-8-14-10-6-4-9(2)5-7-10/h4-8H,3H2,1-2H3,(H,14,15). The number of rotatable bonds is 5. The first-order chi connectivity index (χ1) is 9.70. The van der Waals surface area contributed by atoms with Crippen LogP contribution in [0.3, 0.4) is 0 Å². The van der Waals surface area contributed by atoms with Gasteiger partial charge >= 0.3 is 5.97 Å². The number of carbonyl (C=O) groups is 1. The molecule has 1 N–H and O–H groups in total. The minimum atomic E-state index is -0.510. The number of aromatic nitrogens is 2. The number of hydrogen-bond donors (Lipinski definition) is 1. The minimum absolute atomic E-state index is 0.138. The highest BCUT2D eigenvalue weighted by Crippen LogP contribution is 2.21. The number of benzene rings is 1. The smallest absolute Gasteiger partial charge is 0.362 e. The Bertz CT molecular complexity index is 607. The van der Waals surface area contributed by atoms with E-state index in [2.05, 4.69) is 19.9 Å². The molecule has 0 spiro atoms. The minimum Gasteiger partial charge on any atom is -0.461 e. The van der Waals surface area contributed by atoms with Crippen LogP contribution in [0.15, 0.2) is 29.3 Å². The van der Waals surface area contributed by atoms with E-state index < -0.39 is 5.97 Å². The number of ether oxygens (including phenoxy) is 1. The van der Waals surface area contributed by atoms with Crippen LogP contribution in [0.5, 0.6) is 0 Å². The fourth-order valence-corrected chi connectivity index (χ4v) is 1.92. The number of aliphatic imine (C=N–C) groups is 1. The third kappa shape index (κ3) is 3.61. The normalized spacial score (nSPS) is 10.7. The molecule has 0 saturated carbocycles. The Morgan fingerprint density at radius 3 is 2.90 bits per heavy atom. The van der Waals surface area contributed by atoms with Crippen molar-refractivity contribution in [2.75, 3.05) is 11.9 Å². The van der Waals surface area contributed by atoms with E-state index in [0.29, 0.717) is 11.6 Å². The second-order valence-electron chi connectivity index (χ2n) is 3.92. The molecule has 1 heterocycles. The maximum Gasteiger partial charge on any atom is 0.362 e. The molecule has 2 aromatic rings. The van der Waals surface area contributed by atoms with Gasteiger partial charge in [-0.05, 0) is 26.0 Å². The zero-order valence-electron chi connectivity index (χ0n) is 11.2. The summed E-state index contributed by atoms with van der Waals surface area (Å²) in [5.41, 5.74) is 2.23. The summed E-state index contributed by atoms with van der Waals surface area (Å²) in [4.78, 5) is 15.7. The molecule has 0 fully saturated rings. The monoisotopic (exact) mass is 290 g/mol. The molecule has 0 radical (unpaired) electrons. The lowest BCUT2D eigenvalue weighted by Gasteiger charge is -2.00. The Kier molecular flexibility index (Phi) is 4.78. The highest BCUT2D eigenvalue weighted by atomic mass is 32.1. The zero-order valence-corrected chi connectivity index (χ0v) is 12.0. The van der Waals surface area contributed by atoms with E-state index in [1.165, 1.54) is 11.9 Å². The molecular formula is C13H14N4O2S. The molecule has 0 aliphatic carbocycles. The van der Waals surface area contributed by atoms with Gasteiger partial charge in [-0.2, -0.15) is 0 Å². The number of hydrogen-bond acceptors (Lipinski definition) is 6. The molecule has 0 aliphatic heterocycles. The van der Waals surface area contributed by atoms with Crippen LogP contribution in [0, 0.1) is 6.92 Å². The third-order valence-electron chi connectivity index (χ3n) is 2.40. The van der Waals surface area contributed by atoms with E-state index in [1.807, 2.05) is 31.2 Å². The summed E-state index contributed by atoms with van der Waals surface area (Å²) >= 11 is 1.04. The van der Waals surface area contributed by atoms with Gasteiger partial charge in [0.25, 0.3) is 0 Å². The number of aryl methyl sites for hydroxylation is 1. The van der Waals surface area contributed by atoms with E-state index in [4.69, 9.17) is 4.74 Å². The quantitative estimate of drug-likeness (QED) is 0.520. The molecule has 0 amide bonds. The molecule has 0 unspecified atom stereocenters. The van der Waals surface area contributed by atoms with Crippen LogP contribution in [-0.4, -0.2) is 28.5 Å². The lowest BCUT2D eigenvalue weighted by molar-refractivity contribution is 0.0520. The van der Waals surface area contributed by atoms with Crippen LogP contribution in [-0.2, 0) is 4.74 Å². The van der Waals surface area contributed by atoms with Crippen molar-refractivity contribution in [3.8, 4) is 0 Å². The lowest BCUT2D eigenvalue weighted by Crippen LogP contribution is -2.05. The number of esters is 1. The Morgan fingerprint density at radius 2 is 2.20 bits per heavy atom. The highest BCUT2D eigenvalue weighted by molar-refractivity contribution is 7.10. The van der Waals surface area contributed by atoms with Gasteiger partial charge in [0.2, 0.25) is 5.69 Å². The van der Waals surface area contributed by atoms with Crippen molar-refractivity contribution in [3.05, 3.63) is 35.5 Å². The van der Waals surface area contributed by atoms with Crippen LogP contribution in [0.1, 0.15) is 23.0 Å². The average Bonchev–Trinajstić information content (AvgIpc) is 2.90. The second-order valence-corrected chi connectivity index (χ2v) is 4.65. The summed E-state index contributed by atoms with van der Waals surface area (Å²) in [7, 11) is 0. The van der Waals surface area contributed by atoms with Gasteiger partial charge in [-0.15, -0.1) is 5.10 Å².